The zero-order chi connectivity index (χ0) is 29.0. The van der Waals surface area contributed by atoms with E-state index in [1.807, 2.05) is 27.7 Å². The van der Waals surface area contributed by atoms with E-state index in [-0.39, 0.29) is 43.0 Å². The molecule has 0 aromatic rings. The van der Waals surface area contributed by atoms with Gasteiger partial charge in [0.15, 0.2) is 11.6 Å². The molecule has 218 valence electrons. The summed E-state index contributed by atoms with van der Waals surface area (Å²) >= 11 is 0. The van der Waals surface area contributed by atoms with Gasteiger partial charge in [0.05, 0.1) is 18.1 Å². The van der Waals surface area contributed by atoms with Crippen LogP contribution >= 0.6 is 0 Å². The van der Waals surface area contributed by atoms with Crippen LogP contribution in [0.25, 0.3) is 0 Å². The average molecular weight is 549 g/mol. The molecule has 0 aromatic carbocycles. The minimum atomic E-state index is -2.06. The Balaban J connectivity index is 1.60. The number of rotatable bonds is 6. The normalized spacial score (nSPS) is 47.1. The summed E-state index contributed by atoms with van der Waals surface area (Å²) in [6, 6.07) is 0. The number of Topliss-reactive ketones (excluding diaryl/α,β-unsaturated/α-hetero) is 1. The van der Waals surface area contributed by atoms with Crippen molar-refractivity contribution in [2.45, 2.75) is 97.4 Å². The van der Waals surface area contributed by atoms with Crippen molar-refractivity contribution in [1.82, 2.24) is 0 Å². The number of ketones is 2. The van der Waals surface area contributed by atoms with Crippen molar-refractivity contribution in [2.75, 3.05) is 6.61 Å². The highest BCUT2D eigenvalue weighted by molar-refractivity contribution is 5.96. The quantitative estimate of drug-likeness (QED) is 0.364. The molecule has 0 radical (unpaired) electrons. The van der Waals surface area contributed by atoms with E-state index in [1.54, 1.807) is 20.8 Å². The van der Waals surface area contributed by atoms with Crippen LogP contribution in [0.4, 0.5) is 0 Å². The van der Waals surface area contributed by atoms with Gasteiger partial charge in [-0.2, -0.15) is 0 Å². The largest absolute Gasteiger partial charge is 0.461 e. The molecule has 5 aliphatic rings. The number of ether oxygens (including phenoxy) is 2. The first kappa shape index (κ1) is 28.9. The number of allylic oxidation sites excluding steroid dienone is 1. The molecule has 0 amide bonds. The maximum Gasteiger partial charge on any atom is 0.309 e. The van der Waals surface area contributed by atoms with Crippen LogP contribution in [0.1, 0.15) is 67.7 Å². The number of hydrogen-bond donors (Lipinski definition) is 4. The van der Waals surface area contributed by atoms with Gasteiger partial charge in [-0.15, -0.1) is 0 Å². The zero-order valence-electron chi connectivity index (χ0n) is 24.0. The fourth-order valence-corrected chi connectivity index (χ4v) is 9.73. The molecule has 3 unspecified atom stereocenters. The van der Waals surface area contributed by atoms with E-state index in [0.717, 1.165) is 5.57 Å². The summed E-state index contributed by atoms with van der Waals surface area (Å²) < 4.78 is 12.1. The van der Waals surface area contributed by atoms with Crippen LogP contribution in [0.5, 0.6) is 0 Å². The highest BCUT2D eigenvalue weighted by Gasteiger charge is 2.83. The number of carbonyl (C=O) groups is 3. The molecular weight excluding hydrogens is 504 g/mol. The third-order valence-corrected chi connectivity index (χ3v) is 11.7. The Morgan fingerprint density at radius 1 is 1.18 bits per heavy atom. The molecule has 2 aliphatic heterocycles. The predicted molar refractivity (Wildman–Crippen MR) is 139 cm³/mol. The number of hydrogen-bond acceptors (Lipinski definition) is 9. The Morgan fingerprint density at radius 3 is 2.38 bits per heavy atom. The average Bonchev–Trinajstić information content (AvgIpc) is 3.13. The summed E-state index contributed by atoms with van der Waals surface area (Å²) in [5, 5.41) is 46.1. The van der Waals surface area contributed by atoms with Crippen molar-refractivity contribution in [3.63, 3.8) is 0 Å². The first-order chi connectivity index (χ1) is 18.0. The van der Waals surface area contributed by atoms with Gasteiger partial charge < -0.3 is 29.9 Å². The monoisotopic (exact) mass is 548 g/mol. The molecule has 3 aliphatic carbocycles. The zero-order valence-corrected chi connectivity index (χ0v) is 24.0. The second-order valence-electron chi connectivity index (χ2n) is 14.0. The summed E-state index contributed by atoms with van der Waals surface area (Å²) in [5.74, 6) is -7.18. The Labute approximate surface area is 229 Å². The van der Waals surface area contributed by atoms with Crippen molar-refractivity contribution in [3.8, 4) is 0 Å². The molecule has 0 aromatic heterocycles. The van der Waals surface area contributed by atoms with Crippen molar-refractivity contribution < 1.29 is 44.3 Å². The minimum absolute atomic E-state index is 0.0310. The number of aliphatic hydroxyl groups is 4. The van der Waals surface area contributed by atoms with E-state index in [4.69, 9.17) is 9.47 Å². The van der Waals surface area contributed by atoms with Gasteiger partial charge in [-0.05, 0) is 49.0 Å². The standard InChI is InChI=1S/C30H44O9/c1-13(2)29(36,14(3)4)11-17(31)9-18-22-16(6)23(33)30(37)26-27(7)19(15(5)8-20(32)24(27)34)10-21(39-25(18)35)28(22,26)12-38-30/h8,13-14,16,18-19,21-24,26,33-34,36-37H,9-12H2,1-7H3/t16-,18?,19+,21-,22?,23-,24-,26?,27-,28+,30+/m1/s1. The van der Waals surface area contributed by atoms with Gasteiger partial charge in [0.25, 0.3) is 0 Å². The van der Waals surface area contributed by atoms with Crippen LogP contribution in [0, 0.1) is 52.3 Å². The first-order valence-electron chi connectivity index (χ1n) is 14.4. The molecule has 9 nitrogen and oxygen atoms in total. The van der Waals surface area contributed by atoms with E-state index < -0.39 is 76.0 Å². The van der Waals surface area contributed by atoms with Gasteiger partial charge >= 0.3 is 5.97 Å². The maximum atomic E-state index is 13.6. The number of fused-ring (bicyclic) bond motifs is 1. The lowest BCUT2D eigenvalue weighted by Gasteiger charge is -2.68. The van der Waals surface area contributed by atoms with Crippen LogP contribution in [0.3, 0.4) is 0 Å². The molecule has 4 fully saturated rings. The molecule has 5 rings (SSSR count). The molecule has 4 N–H and O–H groups in total. The van der Waals surface area contributed by atoms with Gasteiger partial charge in [-0.1, -0.05) is 47.1 Å². The summed E-state index contributed by atoms with van der Waals surface area (Å²) in [6.45, 7) is 12.7. The van der Waals surface area contributed by atoms with Crippen molar-refractivity contribution in [3.05, 3.63) is 11.6 Å². The molecule has 1 spiro atoms. The van der Waals surface area contributed by atoms with Gasteiger partial charge in [0.1, 0.15) is 24.1 Å². The van der Waals surface area contributed by atoms with Gasteiger partial charge in [0.2, 0.25) is 0 Å². The third-order valence-electron chi connectivity index (χ3n) is 11.7. The van der Waals surface area contributed by atoms with Gasteiger partial charge in [0, 0.05) is 29.6 Å². The highest BCUT2D eigenvalue weighted by atomic mass is 16.6. The molecule has 39 heavy (non-hydrogen) atoms. The fraction of sp³-hybridized carbons (Fsp3) is 0.833. The van der Waals surface area contributed by atoms with Gasteiger partial charge in [-0.25, -0.2) is 0 Å². The second kappa shape index (κ2) is 8.92. The second-order valence-corrected chi connectivity index (χ2v) is 14.0. The Kier molecular flexibility index (Phi) is 6.60. The lowest BCUT2D eigenvalue weighted by Crippen LogP contribution is -2.77. The molecule has 9 heteroatoms. The first-order valence-corrected chi connectivity index (χ1v) is 14.4. The number of carbonyl (C=O) groups excluding carboxylic acids is 3. The van der Waals surface area contributed by atoms with Gasteiger partial charge in [-0.3, -0.25) is 14.4 Å². The van der Waals surface area contributed by atoms with E-state index in [9.17, 15) is 34.8 Å². The van der Waals surface area contributed by atoms with Crippen LogP contribution in [0.2, 0.25) is 0 Å². The van der Waals surface area contributed by atoms with Crippen LogP contribution in [0.15, 0.2) is 11.6 Å². The SMILES string of the molecule is CC1=CC(=O)[C@@H](O)[C@]2(C)C3[C@]45CO[C@@]3(O)[C@H](O)[C@H](C)C4C(CC(=O)CC(O)(C(C)C)C(C)C)C(=O)O[C@@H]5C[C@@H]12. The Hall–Kier alpha value is -1.65. The maximum absolute atomic E-state index is 13.6. The van der Waals surface area contributed by atoms with E-state index in [1.165, 1.54) is 6.08 Å². The molecule has 11 atom stereocenters. The molecular formula is C30H44O9. The highest BCUT2D eigenvalue weighted by Crippen LogP contribution is 2.74. The topological polar surface area (TPSA) is 151 Å². The molecule has 2 heterocycles. The summed E-state index contributed by atoms with van der Waals surface area (Å²) in [6.07, 6.45) is -2.08. The van der Waals surface area contributed by atoms with E-state index >= 15 is 0 Å². The number of aliphatic hydroxyl groups excluding tert-OH is 2. The molecule has 2 saturated carbocycles. The fourth-order valence-electron chi connectivity index (χ4n) is 9.73. The predicted octanol–water partition coefficient (Wildman–Crippen LogP) is 1.78. The number of esters is 1. The Morgan fingerprint density at radius 2 is 1.79 bits per heavy atom. The summed E-state index contributed by atoms with van der Waals surface area (Å²) in [7, 11) is 0. The molecule has 2 bridgehead atoms. The lowest BCUT2D eigenvalue weighted by molar-refractivity contribution is -0.337. The lowest BCUT2D eigenvalue weighted by atomic mass is 9.37. The Bertz CT molecular complexity index is 1100. The third kappa shape index (κ3) is 3.52. The van der Waals surface area contributed by atoms with Crippen molar-refractivity contribution in [1.29, 1.82) is 0 Å². The summed E-state index contributed by atoms with van der Waals surface area (Å²) in [5.41, 5.74) is -2.71. The van der Waals surface area contributed by atoms with Crippen LogP contribution in [-0.4, -0.2) is 74.3 Å². The summed E-state index contributed by atoms with van der Waals surface area (Å²) in [4.78, 5) is 40.0. The van der Waals surface area contributed by atoms with Crippen molar-refractivity contribution >= 4 is 17.5 Å². The van der Waals surface area contributed by atoms with Crippen LogP contribution < -0.4 is 0 Å². The van der Waals surface area contributed by atoms with Crippen molar-refractivity contribution in [2.24, 2.45) is 52.3 Å². The van der Waals surface area contributed by atoms with E-state index in [2.05, 4.69) is 0 Å². The van der Waals surface area contributed by atoms with E-state index in [0.29, 0.717) is 6.42 Å². The minimum Gasteiger partial charge on any atom is -0.461 e. The molecule has 2 saturated heterocycles. The smallest absolute Gasteiger partial charge is 0.309 e. The van der Waals surface area contributed by atoms with Crippen LogP contribution in [-0.2, 0) is 23.9 Å².